The molecule has 5 heteroatoms. The van der Waals surface area contributed by atoms with Gasteiger partial charge in [-0.15, -0.1) is 24.8 Å². The quantitative estimate of drug-likeness (QED) is 0.718. The maximum Gasteiger partial charge on any atom is 0.115 e. The lowest BCUT2D eigenvalue weighted by Crippen LogP contribution is -2.25. The second kappa shape index (κ2) is 5.37. The highest BCUT2D eigenvalue weighted by molar-refractivity contribution is 5.85. The van der Waals surface area contributed by atoms with Gasteiger partial charge < -0.3 is 5.32 Å². The van der Waals surface area contributed by atoms with E-state index in [0.717, 1.165) is 25.2 Å². The minimum atomic E-state index is 0. The summed E-state index contributed by atoms with van der Waals surface area (Å²) in [7, 11) is 0. The van der Waals surface area contributed by atoms with Gasteiger partial charge >= 0.3 is 0 Å². The Labute approximate surface area is 90.2 Å². The Kier molecular flexibility index (Phi) is 5.21. The van der Waals surface area contributed by atoms with Gasteiger partial charge in [0.1, 0.15) is 6.33 Å². The summed E-state index contributed by atoms with van der Waals surface area (Å²) in [5, 5.41) is 3.30. The van der Waals surface area contributed by atoms with Crippen LogP contribution in [0, 0.1) is 6.92 Å². The molecule has 0 unspecified atom stereocenters. The fourth-order valence-electron chi connectivity index (χ4n) is 1.42. The van der Waals surface area contributed by atoms with Gasteiger partial charge in [0.2, 0.25) is 0 Å². The third kappa shape index (κ3) is 2.53. The van der Waals surface area contributed by atoms with Crippen molar-refractivity contribution in [2.45, 2.75) is 19.9 Å². The average Bonchev–Trinajstić information content (AvgIpc) is 2.06. The predicted molar refractivity (Wildman–Crippen MR) is 56.7 cm³/mol. The molecule has 3 nitrogen and oxygen atoms in total. The molecule has 13 heavy (non-hydrogen) atoms. The summed E-state index contributed by atoms with van der Waals surface area (Å²) < 4.78 is 0. The molecular formula is C8H13Cl2N3. The number of nitrogens with one attached hydrogen (secondary N) is 1. The molecule has 0 spiro atoms. The molecule has 1 aliphatic heterocycles. The smallest absolute Gasteiger partial charge is 0.115 e. The van der Waals surface area contributed by atoms with Gasteiger partial charge in [0.15, 0.2) is 0 Å². The molecule has 1 aromatic heterocycles. The van der Waals surface area contributed by atoms with Crippen LogP contribution in [0.25, 0.3) is 0 Å². The Hall–Kier alpha value is -0.380. The van der Waals surface area contributed by atoms with E-state index in [0.29, 0.717) is 0 Å². The maximum absolute atomic E-state index is 4.23. The molecule has 0 radical (unpaired) electrons. The van der Waals surface area contributed by atoms with E-state index in [1.165, 1.54) is 11.3 Å². The van der Waals surface area contributed by atoms with Gasteiger partial charge in [-0.3, -0.25) is 0 Å². The van der Waals surface area contributed by atoms with Crippen molar-refractivity contribution in [2.75, 3.05) is 6.54 Å². The highest BCUT2D eigenvalue weighted by Crippen LogP contribution is 2.12. The third-order valence-corrected chi connectivity index (χ3v) is 2.09. The summed E-state index contributed by atoms with van der Waals surface area (Å²) in [6.07, 6.45) is 2.69. The number of fused-ring (bicyclic) bond motifs is 1. The van der Waals surface area contributed by atoms with Crippen molar-refractivity contribution in [1.29, 1.82) is 0 Å². The second-order valence-corrected chi connectivity index (χ2v) is 2.81. The van der Waals surface area contributed by atoms with Crippen LogP contribution in [0.4, 0.5) is 0 Å². The number of rotatable bonds is 0. The van der Waals surface area contributed by atoms with Crippen molar-refractivity contribution in [3.8, 4) is 0 Å². The largest absolute Gasteiger partial charge is 0.312 e. The van der Waals surface area contributed by atoms with Gasteiger partial charge in [-0.25, -0.2) is 9.97 Å². The van der Waals surface area contributed by atoms with Crippen LogP contribution >= 0.6 is 24.8 Å². The van der Waals surface area contributed by atoms with E-state index in [1.807, 2.05) is 6.92 Å². The highest BCUT2D eigenvalue weighted by atomic mass is 35.5. The van der Waals surface area contributed by atoms with Crippen LogP contribution in [-0.2, 0) is 13.0 Å². The van der Waals surface area contributed by atoms with E-state index in [4.69, 9.17) is 0 Å². The van der Waals surface area contributed by atoms with Crippen molar-refractivity contribution in [1.82, 2.24) is 15.3 Å². The number of aromatic nitrogens is 2. The van der Waals surface area contributed by atoms with Gasteiger partial charge in [-0.1, -0.05) is 0 Å². The third-order valence-electron chi connectivity index (χ3n) is 2.09. The Morgan fingerprint density at radius 2 is 2.08 bits per heavy atom. The highest BCUT2D eigenvalue weighted by Gasteiger charge is 2.11. The number of halogens is 2. The predicted octanol–water partition coefficient (Wildman–Crippen LogP) is 1.27. The van der Waals surface area contributed by atoms with Crippen molar-refractivity contribution in [2.24, 2.45) is 0 Å². The summed E-state index contributed by atoms with van der Waals surface area (Å²) in [6, 6.07) is 0. The molecule has 0 amide bonds. The Morgan fingerprint density at radius 3 is 2.77 bits per heavy atom. The lowest BCUT2D eigenvalue weighted by molar-refractivity contribution is 0.620. The van der Waals surface area contributed by atoms with Crippen molar-refractivity contribution >= 4 is 24.8 Å². The van der Waals surface area contributed by atoms with E-state index < -0.39 is 0 Å². The molecule has 0 atom stereocenters. The SMILES string of the molecule is Cc1ncnc2c1CNCC2.Cl.Cl. The first-order valence-electron chi connectivity index (χ1n) is 3.88. The first-order chi connectivity index (χ1) is 5.38. The molecule has 1 N–H and O–H groups in total. The summed E-state index contributed by atoms with van der Waals surface area (Å²) in [5.74, 6) is 0. The van der Waals surface area contributed by atoms with Crippen LogP contribution in [0.2, 0.25) is 0 Å². The zero-order valence-electron chi connectivity index (χ0n) is 7.41. The molecule has 0 aromatic carbocycles. The van der Waals surface area contributed by atoms with Crippen LogP contribution in [0.1, 0.15) is 17.0 Å². The molecule has 1 aromatic rings. The van der Waals surface area contributed by atoms with E-state index in [1.54, 1.807) is 6.33 Å². The molecule has 0 saturated heterocycles. The molecule has 0 saturated carbocycles. The lowest BCUT2D eigenvalue weighted by atomic mass is 10.1. The molecule has 0 fully saturated rings. The van der Waals surface area contributed by atoms with E-state index in [2.05, 4.69) is 15.3 Å². The maximum atomic E-state index is 4.23. The molecule has 74 valence electrons. The number of hydrogen-bond acceptors (Lipinski definition) is 3. The first-order valence-corrected chi connectivity index (χ1v) is 3.88. The van der Waals surface area contributed by atoms with Crippen molar-refractivity contribution in [3.63, 3.8) is 0 Å². The molecule has 2 heterocycles. The Morgan fingerprint density at radius 1 is 1.31 bits per heavy atom. The van der Waals surface area contributed by atoms with Crippen LogP contribution < -0.4 is 5.32 Å². The number of aryl methyl sites for hydroxylation is 1. The fourth-order valence-corrected chi connectivity index (χ4v) is 1.42. The van der Waals surface area contributed by atoms with Gasteiger partial charge in [-0.05, 0) is 6.92 Å². The number of nitrogens with zero attached hydrogens (tertiary/aromatic N) is 2. The number of hydrogen-bond donors (Lipinski definition) is 1. The summed E-state index contributed by atoms with van der Waals surface area (Å²) in [4.78, 5) is 8.37. The minimum absolute atomic E-state index is 0. The van der Waals surface area contributed by atoms with Crippen molar-refractivity contribution in [3.05, 3.63) is 23.3 Å². The van der Waals surface area contributed by atoms with E-state index in [9.17, 15) is 0 Å². The van der Waals surface area contributed by atoms with Crippen LogP contribution in [0.3, 0.4) is 0 Å². The molecular weight excluding hydrogens is 209 g/mol. The Bertz CT molecular complexity index is 278. The normalized spacial score (nSPS) is 13.6. The van der Waals surface area contributed by atoms with E-state index >= 15 is 0 Å². The van der Waals surface area contributed by atoms with E-state index in [-0.39, 0.29) is 24.8 Å². The van der Waals surface area contributed by atoms with Crippen molar-refractivity contribution < 1.29 is 0 Å². The Balaban J connectivity index is 0.000000720. The topological polar surface area (TPSA) is 37.8 Å². The van der Waals surface area contributed by atoms with Gasteiger partial charge in [0.25, 0.3) is 0 Å². The zero-order valence-corrected chi connectivity index (χ0v) is 9.04. The second-order valence-electron chi connectivity index (χ2n) is 2.81. The summed E-state index contributed by atoms with van der Waals surface area (Å²) >= 11 is 0. The standard InChI is InChI=1S/C8H11N3.2ClH/c1-6-7-4-9-3-2-8(7)11-5-10-6;;/h5,9H,2-4H2,1H3;2*1H. The molecule has 2 rings (SSSR count). The first kappa shape index (κ1) is 12.6. The monoisotopic (exact) mass is 221 g/mol. The molecule has 0 aliphatic carbocycles. The fraction of sp³-hybridized carbons (Fsp3) is 0.500. The van der Waals surface area contributed by atoms with Gasteiger partial charge in [0.05, 0.1) is 0 Å². The van der Waals surface area contributed by atoms with Crippen LogP contribution in [0.5, 0.6) is 0 Å². The summed E-state index contributed by atoms with van der Waals surface area (Å²) in [6.45, 7) is 4.01. The van der Waals surface area contributed by atoms with Crippen LogP contribution in [-0.4, -0.2) is 16.5 Å². The van der Waals surface area contributed by atoms with Crippen LogP contribution in [0.15, 0.2) is 6.33 Å². The molecule has 1 aliphatic rings. The zero-order chi connectivity index (χ0) is 7.68. The average molecular weight is 222 g/mol. The molecule has 0 bridgehead atoms. The lowest BCUT2D eigenvalue weighted by Gasteiger charge is -2.16. The summed E-state index contributed by atoms with van der Waals surface area (Å²) in [5.41, 5.74) is 3.62. The van der Waals surface area contributed by atoms with Gasteiger partial charge in [0, 0.05) is 36.5 Å². The van der Waals surface area contributed by atoms with Gasteiger partial charge in [-0.2, -0.15) is 0 Å². The minimum Gasteiger partial charge on any atom is -0.312 e.